The minimum atomic E-state index is 0.0385. The second-order valence-corrected chi connectivity index (χ2v) is 4.91. The van der Waals surface area contributed by atoms with Gasteiger partial charge in [0.05, 0.1) is 0 Å². The van der Waals surface area contributed by atoms with Crippen LogP contribution in [0.2, 0.25) is 0 Å². The van der Waals surface area contributed by atoms with Crippen LogP contribution in [0, 0.1) is 0 Å². The molecule has 0 bridgehead atoms. The number of ether oxygens (including phenoxy) is 1. The Balaban J connectivity index is 1.68. The van der Waals surface area contributed by atoms with E-state index < -0.39 is 0 Å². The maximum absolute atomic E-state index is 12.1. The first-order chi connectivity index (χ1) is 8.83. The molecule has 1 aromatic rings. The van der Waals surface area contributed by atoms with Crippen molar-refractivity contribution in [3.05, 3.63) is 29.3 Å². The molecule has 1 fully saturated rings. The van der Waals surface area contributed by atoms with Crippen LogP contribution < -0.4 is 10.6 Å². The number of rotatable bonds is 2. The van der Waals surface area contributed by atoms with Crippen LogP contribution in [0.5, 0.6) is 0 Å². The lowest BCUT2D eigenvalue weighted by Gasteiger charge is -2.23. The van der Waals surface area contributed by atoms with Crippen molar-refractivity contribution in [2.45, 2.75) is 25.3 Å². The van der Waals surface area contributed by atoms with Crippen LogP contribution in [0.25, 0.3) is 0 Å². The fourth-order valence-corrected chi connectivity index (χ4v) is 2.56. The van der Waals surface area contributed by atoms with Crippen molar-refractivity contribution in [2.24, 2.45) is 0 Å². The predicted molar refractivity (Wildman–Crippen MR) is 69.9 cm³/mol. The van der Waals surface area contributed by atoms with Gasteiger partial charge in [-0.1, -0.05) is 0 Å². The maximum Gasteiger partial charge on any atom is 0.251 e. The molecule has 4 heteroatoms. The normalized spacial score (nSPS) is 19.1. The van der Waals surface area contributed by atoms with Crippen molar-refractivity contribution in [3.8, 4) is 0 Å². The summed E-state index contributed by atoms with van der Waals surface area (Å²) in [6.07, 6.45) is 2.84. The number of carbonyl (C=O) groups is 1. The molecular weight excluding hydrogens is 228 g/mol. The Morgan fingerprint density at radius 1 is 1.33 bits per heavy atom. The molecule has 0 saturated carbocycles. The van der Waals surface area contributed by atoms with Gasteiger partial charge in [0.1, 0.15) is 0 Å². The van der Waals surface area contributed by atoms with E-state index in [0.29, 0.717) is 0 Å². The third-order valence-electron chi connectivity index (χ3n) is 3.63. The molecule has 1 amide bonds. The fourth-order valence-electron chi connectivity index (χ4n) is 2.56. The SMILES string of the molecule is O=C(NC1CCOCC1)c1ccc2c(c1)CCN2. The summed E-state index contributed by atoms with van der Waals surface area (Å²) in [7, 11) is 0. The summed E-state index contributed by atoms with van der Waals surface area (Å²) in [6.45, 7) is 2.47. The van der Waals surface area contributed by atoms with E-state index in [1.165, 1.54) is 5.56 Å². The van der Waals surface area contributed by atoms with Crippen LogP contribution >= 0.6 is 0 Å². The summed E-state index contributed by atoms with van der Waals surface area (Å²) in [5, 5.41) is 6.39. The summed E-state index contributed by atoms with van der Waals surface area (Å²) in [6, 6.07) is 6.16. The van der Waals surface area contributed by atoms with E-state index in [-0.39, 0.29) is 11.9 Å². The number of carbonyl (C=O) groups excluding carboxylic acids is 1. The number of hydrogen-bond donors (Lipinski definition) is 2. The van der Waals surface area contributed by atoms with Gasteiger partial charge in [0.25, 0.3) is 5.91 Å². The third-order valence-corrected chi connectivity index (χ3v) is 3.63. The van der Waals surface area contributed by atoms with Gasteiger partial charge >= 0.3 is 0 Å². The van der Waals surface area contributed by atoms with E-state index in [2.05, 4.69) is 10.6 Å². The average Bonchev–Trinajstić information content (AvgIpc) is 2.87. The lowest BCUT2D eigenvalue weighted by molar-refractivity contribution is 0.0696. The van der Waals surface area contributed by atoms with Crippen molar-refractivity contribution >= 4 is 11.6 Å². The molecule has 96 valence electrons. The number of benzene rings is 1. The molecule has 1 aromatic carbocycles. The fraction of sp³-hybridized carbons (Fsp3) is 0.500. The van der Waals surface area contributed by atoms with Gasteiger partial charge in [-0.25, -0.2) is 0 Å². The third kappa shape index (κ3) is 2.34. The van der Waals surface area contributed by atoms with Crippen LogP contribution in [0.4, 0.5) is 5.69 Å². The Labute approximate surface area is 107 Å². The predicted octanol–water partition coefficient (Wildman–Crippen LogP) is 1.56. The van der Waals surface area contributed by atoms with Gasteiger partial charge < -0.3 is 15.4 Å². The summed E-state index contributed by atoms with van der Waals surface area (Å²) in [4.78, 5) is 12.1. The molecule has 0 radical (unpaired) electrons. The molecule has 0 spiro atoms. The lowest BCUT2D eigenvalue weighted by Crippen LogP contribution is -2.38. The standard InChI is InChI=1S/C14H18N2O2/c17-14(16-12-4-7-18-8-5-12)11-1-2-13-10(9-11)3-6-15-13/h1-2,9,12,15H,3-8H2,(H,16,17). The van der Waals surface area contributed by atoms with Gasteiger partial charge in [0.15, 0.2) is 0 Å². The number of hydrogen-bond acceptors (Lipinski definition) is 3. The molecule has 2 heterocycles. The average molecular weight is 246 g/mol. The molecule has 0 aromatic heterocycles. The number of anilines is 1. The van der Waals surface area contributed by atoms with E-state index in [9.17, 15) is 4.79 Å². The first kappa shape index (κ1) is 11.5. The first-order valence-corrected chi connectivity index (χ1v) is 6.58. The second-order valence-electron chi connectivity index (χ2n) is 4.91. The van der Waals surface area contributed by atoms with Gasteiger partial charge in [0, 0.05) is 37.1 Å². The molecular formula is C14H18N2O2. The van der Waals surface area contributed by atoms with E-state index >= 15 is 0 Å². The van der Waals surface area contributed by atoms with E-state index in [4.69, 9.17) is 4.74 Å². The highest BCUT2D eigenvalue weighted by molar-refractivity contribution is 5.95. The quantitative estimate of drug-likeness (QED) is 0.832. The van der Waals surface area contributed by atoms with Crippen molar-refractivity contribution in [1.82, 2.24) is 5.32 Å². The highest BCUT2D eigenvalue weighted by Crippen LogP contribution is 2.23. The van der Waals surface area contributed by atoms with Crippen LogP contribution in [-0.4, -0.2) is 31.7 Å². The zero-order valence-corrected chi connectivity index (χ0v) is 10.4. The highest BCUT2D eigenvalue weighted by atomic mass is 16.5. The molecule has 18 heavy (non-hydrogen) atoms. The van der Waals surface area contributed by atoms with Crippen molar-refractivity contribution in [1.29, 1.82) is 0 Å². The molecule has 2 N–H and O–H groups in total. The van der Waals surface area contributed by atoms with E-state index in [1.807, 2.05) is 18.2 Å². The van der Waals surface area contributed by atoms with Gasteiger partial charge in [-0.2, -0.15) is 0 Å². The van der Waals surface area contributed by atoms with Crippen molar-refractivity contribution in [3.63, 3.8) is 0 Å². The Morgan fingerprint density at radius 3 is 3.00 bits per heavy atom. The molecule has 0 atom stereocenters. The van der Waals surface area contributed by atoms with Gasteiger partial charge in [0.2, 0.25) is 0 Å². The smallest absolute Gasteiger partial charge is 0.251 e. The maximum atomic E-state index is 12.1. The minimum Gasteiger partial charge on any atom is -0.384 e. The molecule has 3 rings (SSSR count). The summed E-state index contributed by atoms with van der Waals surface area (Å²) >= 11 is 0. The Morgan fingerprint density at radius 2 is 2.17 bits per heavy atom. The Bertz CT molecular complexity index is 453. The van der Waals surface area contributed by atoms with Gasteiger partial charge in [-0.05, 0) is 43.0 Å². The largest absolute Gasteiger partial charge is 0.384 e. The van der Waals surface area contributed by atoms with Crippen LogP contribution in [0.15, 0.2) is 18.2 Å². The van der Waals surface area contributed by atoms with E-state index in [0.717, 1.165) is 50.3 Å². The molecule has 0 aliphatic carbocycles. The van der Waals surface area contributed by atoms with Crippen LogP contribution in [0.3, 0.4) is 0 Å². The summed E-state index contributed by atoms with van der Waals surface area (Å²) in [5.74, 6) is 0.0385. The monoisotopic (exact) mass is 246 g/mol. The second kappa shape index (κ2) is 4.98. The molecule has 1 saturated heterocycles. The minimum absolute atomic E-state index is 0.0385. The highest BCUT2D eigenvalue weighted by Gasteiger charge is 2.18. The topological polar surface area (TPSA) is 50.4 Å². The zero-order valence-electron chi connectivity index (χ0n) is 10.4. The summed E-state index contributed by atoms with van der Waals surface area (Å²) in [5.41, 5.74) is 3.18. The zero-order chi connectivity index (χ0) is 12.4. The van der Waals surface area contributed by atoms with Crippen molar-refractivity contribution in [2.75, 3.05) is 25.1 Å². The molecule has 0 unspecified atom stereocenters. The lowest BCUT2D eigenvalue weighted by atomic mass is 10.1. The Hall–Kier alpha value is -1.55. The van der Waals surface area contributed by atoms with Gasteiger partial charge in [-0.3, -0.25) is 4.79 Å². The van der Waals surface area contributed by atoms with E-state index in [1.54, 1.807) is 0 Å². The molecule has 2 aliphatic heterocycles. The first-order valence-electron chi connectivity index (χ1n) is 6.58. The molecule has 2 aliphatic rings. The van der Waals surface area contributed by atoms with Crippen molar-refractivity contribution < 1.29 is 9.53 Å². The van der Waals surface area contributed by atoms with Crippen LogP contribution in [-0.2, 0) is 11.2 Å². The molecule has 4 nitrogen and oxygen atoms in total. The summed E-state index contributed by atoms with van der Waals surface area (Å²) < 4.78 is 5.29. The Kier molecular flexibility index (Phi) is 3.19. The number of amides is 1. The number of nitrogens with one attached hydrogen (secondary N) is 2. The van der Waals surface area contributed by atoms with Crippen LogP contribution in [0.1, 0.15) is 28.8 Å². The number of fused-ring (bicyclic) bond motifs is 1. The van der Waals surface area contributed by atoms with Gasteiger partial charge in [-0.15, -0.1) is 0 Å².